The third kappa shape index (κ3) is 5.96. The third-order valence-corrected chi connectivity index (χ3v) is 8.13. The Kier molecular flexibility index (Phi) is 6.39. The van der Waals surface area contributed by atoms with E-state index in [1.54, 1.807) is 0 Å². The molecular formula is C25H46N2O2. The van der Waals surface area contributed by atoms with E-state index >= 15 is 0 Å². The van der Waals surface area contributed by atoms with Gasteiger partial charge in [-0.3, -0.25) is 9.80 Å². The van der Waals surface area contributed by atoms with E-state index in [2.05, 4.69) is 44.4 Å². The van der Waals surface area contributed by atoms with Crippen LogP contribution in [0.3, 0.4) is 0 Å². The molecule has 0 aromatic rings. The fourth-order valence-corrected chi connectivity index (χ4v) is 6.48. The number of rotatable bonds is 9. The van der Waals surface area contributed by atoms with Crippen molar-refractivity contribution in [1.82, 2.24) is 9.80 Å². The van der Waals surface area contributed by atoms with E-state index in [0.29, 0.717) is 34.6 Å². The zero-order chi connectivity index (χ0) is 20.7. The molecule has 29 heavy (non-hydrogen) atoms. The van der Waals surface area contributed by atoms with Crippen LogP contribution in [0.25, 0.3) is 0 Å². The maximum absolute atomic E-state index is 6.26. The first-order valence-electron chi connectivity index (χ1n) is 12.4. The lowest BCUT2D eigenvalue weighted by molar-refractivity contribution is -0.0762. The Bertz CT molecular complexity index is 545. The molecule has 0 amide bonds. The molecular weight excluding hydrogens is 360 g/mol. The first-order valence-corrected chi connectivity index (χ1v) is 12.4. The van der Waals surface area contributed by atoms with Gasteiger partial charge in [-0.05, 0) is 75.0 Å². The Labute approximate surface area is 179 Å². The second kappa shape index (κ2) is 8.41. The second-order valence-corrected chi connectivity index (χ2v) is 12.1. The molecule has 2 saturated carbocycles. The molecule has 4 heteroatoms. The molecule has 0 bridgehead atoms. The van der Waals surface area contributed by atoms with Gasteiger partial charge in [0.25, 0.3) is 0 Å². The highest BCUT2D eigenvalue weighted by Crippen LogP contribution is 2.55. The summed E-state index contributed by atoms with van der Waals surface area (Å²) in [6.07, 6.45) is 10.8. The highest BCUT2D eigenvalue weighted by atomic mass is 16.5. The fraction of sp³-hybridized carbons (Fsp3) is 1.00. The lowest BCUT2D eigenvalue weighted by Crippen LogP contribution is -2.48. The monoisotopic (exact) mass is 406 g/mol. The Morgan fingerprint density at radius 3 is 2.10 bits per heavy atom. The van der Waals surface area contributed by atoms with Gasteiger partial charge in [0.15, 0.2) is 0 Å². The SMILES string of the molecule is CCC1(CN2CCOC(CC(C)(C)CC3(CN4C[C@@H](C)O[C@@H](C)C4)CC3)C2)CC1. The van der Waals surface area contributed by atoms with Crippen LogP contribution in [-0.2, 0) is 9.47 Å². The maximum Gasteiger partial charge on any atom is 0.0707 e. The summed E-state index contributed by atoms with van der Waals surface area (Å²) in [6, 6.07) is 0. The molecule has 0 aromatic carbocycles. The Morgan fingerprint density at radius 1 is 0.897 bits per heavy atom. The maximum atomic E-state index is 6.26. The molecule has 0 aromatic heterocycles. The minimum atomic E-state index is 0.357. The van der Waals surface area contributed by atoms with Crippen molar-refractivity contribution < 1.29 is 9.47 Å². The van der Waals surface area contributed by atoms with Crippen LogP contribution in [-0.4, -0.2) is 74.0 Å². The van der Waals surface area contributed by atoms with Crippen molar-refractivity contribution in [1.29, 1.82) is 0 Å². The summed E-state index contributed by atoms with van der Waals surface area (Å²) in [5, 5.41) is 0. The van der Waals surface area contributed by atoms with Crippen molar-refractivity contribution in [3.63, 3.8) is 0 Å². The summed E-state index contributed by atoms with van der Waals surface area (Å²) in [5.74, 6) is 0. The smallest absolute Gasteiger partial charge is 0.0707 e. The van der Waals surface area contributed by atoms with E-state index in [0.717, 1.165) is 32.8 Å². The van der Waals surface area contributed by atoms with Crippen LogP contribution in [0.5, 0.6) is 0 Å². The van der Waals surface area contributed by atoms with Crippen LogP contribution in [0.1, 0.15) is 79.6 Å². The van der Waals surface area contributed by atoms with Gasteiger partial charge in [0.2, 0.25) is 0 Å². The Morgan fingerprint density at radius 2 is 1.52 bits per heavy atom. The molecule has 4 nitrogen and oxygen atoms in total. The predicted molar refractivity (Wildman–Crippen MR) is 119 cm³/mol. The summed E-state index contributed by atoms with van der Waals surface area (Å²) in [7, 11) is 0. The summed E-state index contributed by atoms with van der Waals surface area (Å²) >= 11 is 0. The number of morpholine rings is 2. The molecule has 2 aliphatic carbocycles. The molecule has 4 fully saturated rings. The molecule has 0 radical (unpaired) electrons. The van der Waals surface area contributed by atoms with Gasteiger partial charge in [0.1, 0.15) is 0 Å². The van der Waals surface area contributed by atoms with Gasteiger partial charge in [0.05, 0.1) is 24.9 Å². The van der Waals surface area contributed by atoms with Gasteiger partial charge in [-0.15, -0.1) is 0 Å². The van der Waals surface area contributed by atoms with E-state index < -0.39 is 0 Å². The number of hydrogen-bond acceptors (Lipinski definition) is 4. The zero-order valence-electron chi connectivity index (χ0n) is 19.8. The first kappa shape index (κ1) is 22.0. The minimum absolute atomic E-state index is 0.357. The van der Waals surface area contributed by atoms with Crippen molar-refractivity contribution in [2.45, 2.75) is 97.9 Å². The van der Waals surface area contributed by atoms with Crippen molar-refractivity contribution in [2.75, 3.05) is 45.9 Å². The molecule has 168 valence electrons. The fourth-order valence-electron chi connectivity index (χ4n) is 6.48. The van der Waals surface area contributed by atoms with Crippen LogP contribution in [0.15, 0.2) is 0 Å². The van der Waals surface area contributed by atoms with E-state index in [-0.39, 0.29) is 0 Å². The van der Waals surface area contributed by atoms with Gasteiger partial charge in [0, 0.05) is 39.3 Å². The summed E-state index contributed by atoms with van der Waals surface area (Å²) in [6.45, 7) is 19.8. The van der Waals surface area contributed by atoms with Crippen LogP contribution >= 0.6 is 0 Å². The summed E-state index contributed by atoms with van der Waals surface area (Å²) in [5.41, 5.74) is 1.56. The minimum Gasteiger partial charge on any atom is -0.376 e. The van der Waals surface area contributed by atoms with Gasteiger partial charge in [-0.1, -0.05) is 20.8 Å². The molecule has 2 saturated heterocycles. The lowest BCUT2D eigenvalue weighted by atomic mass is 9.76. The van der Waals surface area contributed by atoms with E-state index in [4.69, 9.17) is 9.47 Å². The second-order valence-electron chi connectivity index (χ2n) is 12.1. The Balaban J connectivity index is 1.27. The quantitative estimate of drug-likeness (QED) is 0.560. The molecule has 1 unspecified atom stereocenters. The van der Waals surface area contributed by atoms with Crippen LogP contribution < -0.4 is 0 Å². The number of nitrogens with zero attached hydrogens (tertiary/aromatic N) is 2. The van der Waals surface area contributed by atoms with E-state index in [1.165, 1.54) is 58.0 Å². The van der Waals surface area contributed by atoms with Crippen molar-refractivity contribution in [3.05, 3.63) is 0 Å². The first-order chi connectivity index (χ1) is 13.7. The largest absolute Gasteiger partial charge is 0.376 e. The molecule has 2 aliphatic heterocycles. The predicted octanol–water partition coefficient (Wildman–Crippen LogP) is 4.57. The third-order valence-electron chi connectivity index (χ3n) is 8.13. The molecule has 0 spiro atoms. The Hall–Kier alpha value is -0.160. The van der Waals surface area contributed by atoms with Crippen molar-refractivity contribution >= 4 is 0 Å². The van der Waals surface area contributed by atoms with Crippen LogP contribution in [0.2, 0.25) is 0 Å². The average molecular weight is 407 g/mol. The van der Waals surface area contributed by atoms with Crippen molar-refractivity contribution in [3.8, 4) is 0 Å². The molecule has 4 rings (SSSR count). The summed E-state index contributed by atoms with van der Waals surface area (Å²) in [4.78, 5) is 5.39. The standard InChI is InChI=1S/C25H46N2O2/c1-6-24(7-8-24)18-26-11-12-28-22(16-26)13-23(4,5)17-25(9-10-25)19-27-14-20(2)29-21(3)15-27/h20-22H,6-19H2,1-5H3/t20-,21+,22?. The normalized spacial score (nSPS) is 34.9. The van der Waals surface area contributed by atoms with Gasteiger partial charge >= 0.3 is 0 Å². The van der Waals surface area contributed by atoms with Crippen LogP contribution in [0.4, 0.5) is 0 Å². The number of hydrogen-bond donors (Lipinski definition) is 0. The zero-order valence-corrected chi connectivity index (χ0v) is 19.8. The van der Waals surface area contributed by atoms with Crippen molar-refractivity contribution in [2.24, 2.45) is 16.2 Å². The molecule has 2 heterocycles. The van der Waals surface area contributed by atoms with Gasteiger partial charge in [-0.25, -0.2) is 0 Å². The average Bonchev–Trinajstić information content (AvgIpc) is 3.52. The molecule has 3 atom stereocenters. The van der Waals surface area contributed by atoms with Crippen LogP contribution in [0, 0.1) is 16.2 Å². The topological polar surface area (TPSA) is 24.9 Å². The highest BCUT2D eigenvalue weighted by Gasteiger charge is 2.48. The lowest BCUT2D eigenvalue weighted by Gasteiger charge is -2.41. The highest BCUT2D eigenvalue weighted by molar-refractivity contribution is 5.00. The van der Waals surface area contributed by atoms with Gasteiger partial charge in [-0.2, -0.15) is 0 Å². The molecule has 0 N–H and O–H groups in total. The number of ether oxygens (including phenoxy) is 2. The van der Waals surface area contributed by atoms with E-state index in [1.807, 2.05) is 0 Å². The molecule has 4 aliphatic rings. The summed E-state index contributed by atoms with van der Waals surface area (Å²) < 4.78 is 12.2. The van der Waals surface area contributed by atoms with E-state index in [9.17, 15) is 0 Å². The van der Waals surface area contributed by atoms with Gasteiger partial charge < -0.3 is 9.47 Å².